The number of hydrogen-bond donors (Lipinski definition) is 2. The summed E-state index contributed by atoms with van der Waals surface area (Å²) in [6.07, 6.45) is 11.6. The van der Waals surface area contributed by atoms with E-state index in [1.165, 1.54) is 38.5 Å². The summed E-state index contributed by atoms with van der Waals surface area (Å²) in [4.78, 5) is 12.7. The first-order valence-corrected chi connectivity index (χ1v) is 16.6. The highest BCUT2D eigenvalue weighted by atomic mass is 16.6. The Kier molecular flexibility index (Phi) is 11.3. The van der Waals surface area contributed by atoms with Crippen molar-refractivity contribution in [3.8, 4) is 17.2 Å². The summed E-state index contributed by atoms with van der Waals surface area (Å²) in [7, 11) is 0. The Morgan fingerprint density at radius 2 is 1.22 bits per heavy atom. The molecule has 0 saturated heterocycles. The van der Waals surface area contributed by atoms with Crippen molar-refractivity contribution in [3.63, 3.8) is 0 Å². The Labute approximate surface area is 271 Å². The molecular weight excluding hydrogens is 560 g/mol. The van der Waals surface area contributed by atoms with Gasteiger partial charge in [0.05, 0.1) is 0 Å². The van der Waals surface area contributed by atoms with E-state index in [0.717, 1.165) is 64.6 Å². The van der Waals surface area contributed by atoms with E-state index in [0.29, 0.717) is 29.1 Å². The highest BCUT2D eigenvalue weighted by Gasteiger charge is 2.30. The molecule has 5 heteroatoms. The van der Waals surface area contributed by atoms with Crippen molar-refractivity contribution in [2.75, 3.05) is 6.61 Å². The van der Waals surface area contributed by atoms with E-state index >= 15 is 0 Å². The number of ether oxygens (including phenoxy) is 2. The van der Waals surface area contributed by atoms with Crippen LogP contribution in [0.4, 0.5) is 0 Å². The zero-order valence-corrected chi connectivity index (χ0v) is 27.2. The fourth-order valence-electron chi connectivity index (χ4n) is 7.42. The summed E-state index contributed by atoms with van der Waals surface area (Å²) in [6.45, 7) is 9.49. The SMILES string of the molecule is C.Cc1cc(O)c(C2CCCCC2)cc1C(c1cc(C2CCCCC2)c(O)cc1C)c1ccccc1OCC(=O)OC(C)(C)C. The largest absolute Gasteiger partial charge is 0.508 e. The van der Waals surface area contributed by atoms with Crippen LogP contribution in [-0.4, -0.2) is 28.4 Å². The number of phenols is 2. The molecule has 2 aliphatic carbocycles. The molecule has 5 rings (SSSR count). The van der Waals surface area contributed by atoms with Gasteiger partial charge in [0, 0.05) is 11.5 Å². The van der Waals surface area contributed by atoms with Crippen LogP contribution in [0.5, 0.6) is 17.2 Å². The van der Waals surface area contributed by atoms with E-state index in [-0.39, 0.29) is 20.0 Å². The van der Waals surface area contributed by atoms with Crippen LogP contribution in [0, 0.1) is 13.8 Å². The van der Waals surface area contributed by atoms with Gasteiger partial charge in [0.15, 0.2) is 6.61 Å². The summed E-state index contributed by atoms with van der Waals surface area (Å²) in [6, 6.07) is 16.2. The molecule has 0 radical (unpaired) electrons. The van der Waals surface area contributed by atoms with E-state index in [1.54, 1.807) is 0 Å². The molecular formula is C40H54O5. The van der Waals surface area contributed by atoms with Crippen molar-refractivity contribution in [1.29, 1.82) is 0 Å². The van der Waals surface area contributed by atoms with Crippen molar-refractivity contribution in [1.82, 2.24) is 0 Å². The maximum absolute atomic E-state index is 12.7. The lowest BCUT2D eigenvalue weighted by molar-refractivity contribution is -0.157. The van der Waals surface area contributed by atoms with Crippen molar-refractivity contribution in [2.45, 2.75) is 130 Å². The molecule has 2 aliphatic rings. The fraction of sp³-hybridized carbons (Fsp3) is 0.525. The molecule has 3 aromatic carbocycles. The van der Waals surface area contributed by atoms with Crippen molar-refractivity contribution >= 4 is 5.97 Å². The zero-order valence-electron chi connectivity index (χ0n) is 27.2. The zero-order chi connectivity index (χ0) is 31.4. The first-order valence-electron chi connectivity index (χ1n) is 16.6. The second kappa shape index (κ2) is 14.7. The van der Waals surface area contributed by atoms with Crippen LogP contribution in [0.1, 0.15) is 149 Å². The number of carbonyl (C=O) groups is 1. The molecule has 2 fully saturated rings. The predicted molar refractivity (Wildman–Crippen MR) is 183 cm³/mol. The van der Waals surface area contributed by atoms with Crippen molar-refractivity contribution in [2.24, 2.45) is 0 Å². The second-order valence-electron chi connectivity index (χ2n) is 14.1. The van der Waals surface area contributed by atoms with Gasteiger partial charge in [0.2, 0.25) is 0 Å². The van der Waals surface area contributed by atoms with Gasteiger partial charge in [0.1, 0.15) is 22.8 Å². The third kappa shape index (κ3) is 8.23. The molecule has 45 heavy (non-hydrogen) atoms. The highest BCUT2D eigenvalue weighted by molar-refractivity contribution is 5.71. The van der Waals surface area contributed by atoms with Gasteiger partial charge < -0.3 is 19.7 Å². The summed E-state index contributed by atoms with van der Waals surface area (Å²) in [5, 5.41) is 22.4. The van der Waals surface area contributed by atoms with Crippen LogP contribution in [0.25, 0.3) is 0 Å². The minimum atomic E-state index is -0.597. The summed E-state index contributed by atoms with van der Waals surface area (Å²) in [5.74, 6) is 1.40. The number of aryl methyl sites for hydroxylation is 2. The Morgan fingerprint density at radius 3 is 1.69 bits per heavy atom. The molecule has 2 saturated carbocycles. The molecule has 2 N–H and O–H groups in total. The van der Waals surface area contributed by atoms with Gasteiger partial charge >= 0.3 is 5.97 Å². The number of esters is 1. The first kappa shape index (κ1) is 34.4. The van der Waals surface area contributed by atoms with Gasteiger partial charge in [-0.1, -0.05) is 76.3 Å². The highest BCUT2D eigenvalue weighted by Crippen LogP contribution is 2.47. The number of rotatable bonds is 8. The molecule has 0 spiro atoms. The Balaban J connectivity index is 0.00000461. The number of phenolic OH excluding ortho intramolecular Hbond substituents is 2. The summed E-state index contributed by atoms with van der Waals surface area (Å²) < 4.78 is 11.8. The van der Waals surface area contributed by atoms with Crippen LogP contribution < -0.4 is 4.74 Å². The topological polar surface area (TPSA) is 76.0 Å². The summed E-state index contributed by atoms with van der Waals surface area (Å²) >= 11 is 0. The average molecular weight is 615 g/mol. The lowest BCUT2D eigenvalue weighted by Crippen LogP contribution is -2.27. The lowest BCUT2D eigenvalue weighted by Gasteiger charge is -2.30. The smallest absolute Gasteiger partial charge is 0.344 e. The second-order valence-corrected chi connectivity index (χ2v) is 14.1. The molecule has 0 bridgehead atoms. The van der Waals surface area contributed by atoms with Gasteiger partial charge in [-0.05, 0) is 124 Å². The number of para-hydroxylation sites is 1. The number of aromatic hydroxyl groups is 2. The Bertz CT molecular complexity index is 1380. The molecule has 3 aromatic rings. The standard InChI is InChI=1S/C39H50O5.CH4/c1-25-20-34(40)32(27-14-8-6-9-15-27)22-30(25)38(29-18-12-13-19-36(29)43-24-37(42)44-39(3,4)5)31-23-33(35(41)21-26(31)2)28-16-10-7-11-17-28;/h12-13,18-23,27-28,38,40-41H,6-11,14-17,24H2,1-5H3;1H4. The number of benzene rings is 3. The van der Waals surface area contributed by atoms with Gasteiger partial charge in [-0.15, -0.1) is 0 Å². The van der Waals surface area contributed by atoms with Gasteiger partial charge in [-0.3, -0.25) is 0 Å². The Hall–Kier alpha value is -3.47. The molecule has 0 aliphatic heterocycles. The third-order valence-corrected chi connectivity index (χ3v) is 9.54. The molecule has 5 nitrogen and oxygen atoms in total. The van der Waals surface area contributed by atoms with Crippen molar-refractivity contribution < 1.29 is 24.5 Å². The molecule has 0 heterocycles. The van der Waals surface area contributed by atoms with Gasteiger partial charge in [-0.2, -0.15) is 0 Å². The van der Waals surface area contributed by atoms with Crippen LogP contribution >= 0.6 is 0 Å². The van der Waals surface area contributed by atoms with Crippen LogP contribution in [0.3, 0.4) is 0 Å². The summed E-state index contributed by atoms with van der Waals surface area (Å²) in [5.41, 5.74) is 6.61. The monoisotopic (exact) mass is 614 g/mol. The third-order valence-electron chi connectivity index (χ3n) is 9.54. The average Bonchev–Trinajstić information content (AvgIpc) is 2.98. The van der Waals surface area contributed by atoms with E-state index in [2.05, 4.69) is 32.0 Å². The minimum Gasteiger partial charge on any atom is -0.508 e. The van der Waals surface area contributed by atoms with Crippen LogP contribution in [-0.2, 0) is 9.53 Å². The van der Waals surface area contributed by atoms with Gasteiger partial charge in [-0.25, -0.2) is 4.79 Å². The maximum atomic E-state index is 12.7. The maximum Gasteiger partial charge on any atom is 0.344 e. The van der Waals surface area contributed by atoms with E-state index in [1.807, 2.05) is 51.1 Å². The predicted octanol–water partition coefficient (Wildman–Crippen LogP) is 10.3. The quantitative estimate of drug-likeness (QED) is 0.195. The lowest BCUT2D eigenvalue weighted by atomic mass is 9.75. The number of carbonyl (C=O) groups excluding carboxylic acids is 1. The van der Waals surface area contributed by atoms with Gasteiger partial charge in [0.25, 0.3) is 0 Å². The molecule has 0 atom stereocenters. The molecule has 0 amide bonds. The Morgan fingerprint density at radius 1 is 0.756 bits per heavy atom. The normalized spacial score (nSPS) is 16.3. The van der Waals surface area contributed by atoms with Crippen LogP contribution in [0.15, 0.2) is 48.5 Å². The molecule has 0 aromatic heterocycles. The first-order chi connectivity index (χ1) is 21.0. The molecule has 0 unspecified atom stereocenters. The van der Waals surface area contributed by atoms with E-state index < -0.39 is 11.6 Å². The number of hydrogen-bond acceptors (Lipinski definition) is 5. The van der Waals surface area contributed by atoms with E-state index in [9.17, 15) is 15.0 Å². The van der Waals surface area contributed by atoms with E-state index in [4.69, 9.17) is 9.47 Å². The molecule has 244 valence electrons. The van der Waals surface area contributed by atoms with Crippen LogP contribution in [0.2, 0.25) is 0 Å². The van der Waals surface area contributed by atoms with Crippen molar-refractivity contribution in [3.05, 3.63) is 87.5 Å². The minimum absolute atomic E-state index is 0. The fourth-order valence-corrected chi connectivity index (χ4v) is 7.42.